The van der Waals surface area contributed by atoms with Gasteiger partial charge in [-0.2, -0.15) is 0 Å². The number of halogens is 1. The molecule has 2 aromatic carbocycles. The van der Waals surface area contributed by atoms with Gasteiger partial charge >= 0.3 is 5.97 Å². The lowest BCUT2D eigenvalue weighted by Crippen LogP contribution is -2.06. The predicted molar refractivity (Wildman–Crippen MR) is 103 cm³/mol. The zero-order valence-corrected chi connectivity index (χ0v) is 15.8. The average Bonchev–Trinajstić information content (AvgIpc) is 3.00. The third-order valence-electron chi connectivity index (χ3n) is 3.11. The Balaban J connectivity index is 1.87. The highest BCUT2D eigenvalue weighted by molar-refractivity contribution is 8.01. The fraction of sp³-hybridized carbons (Fsp3) is 0.111. The SMILES string of the molecule is CCOC(=O)c1nc(Nc2ccc(Cl)cc2)sc1Sc1ccccc1. The highest BCUT2D eigenvalue weighted by Crippen LogP contribution is 2.38. The Morgan fingerprint density at radius 3 is 2.60 bits per heavy atom. The van der Waals surface area contributed by atoms with E-state index >= 15 is 0 Å². The molecule has 1 N–H and O–H groups in total. The summed E-state index contributed by atoms with van der Waals surface area (Å²) in [6, 6.07) is 17.2. The summed E-state index contributed by atoms with van der Waals surface area (Å²) in [5.41, 5.74) is 1.18. The molecule has 0 fully saturated rings. The lowest BCUT2D eigenvalue weighted by atomic mass is 10.3. The van der Waals surface area contributed by atoms with E-state index in [1.54, 1.807) is 19.1 Å². The van der Waals surface area contributed by atoms with E-state index in [-0.39, 0.29) is 0 Å². The topological polar surface area (TPSA) is 51.2 Å². The molecule has 0 amide bonds. The number of rotatable bonds is 6. The van der Waals surface area contributed by atoms with Gasteiger partial charge in [-0.15, -0.1) is 0 Å². The van der Waals surface area contributed by atoms with Crippen molar-refractivity contribution in [2.24, 2.45) is 0 Å². The van der Waals surface area contributed by atoms with Crippen molar-refractivity contribution in [3.63, 3.8) is 0 Å². The zero-order valence-electron chi connectivity index (χ0n) is 13.4. The van der Waals surface area contributed by atoms with Crippen molar-refractivity contribution in [2.75, 3.05) is 11.9 Å². The second kappa shape index (κ2) is 8.38. The molecule has 3 aromatic rings. The van der Waals surface area contributed by atoms with Gasteiger partial charge in [0, 0.05) is 15.6 Å². The van der Waals surface area contributed by atoms with Crippen LogP contribution in [0.5, 0.6) is 0 Å². The summed E-state index contributed by atoms with van der Waals surface area (Å²) in [6.45, 7) is 2.09. The Labute approximate surface area is 159 Å². The van der Waals surface area contributed by atoms with Crippen molar-refractivity contribution >= 4 is 51.5 Å². The maximum absolute atomic E-state index is 12.2. The Morgan fingerprint density at radius 2 is 1.92 bits per heavy atom. The van der Waals surface area contributed by atoms with Crippen LogP contribution >= 0.6 is 34.7 Å². The van der Waals surface area contributed by atoms with E-state index in [2.05, 4.69) is 10.3 Å². The minimum atomic E-state index is -0.415. The Bertz CT molecular complexity index is 851. The van der Waals surface area contributed by atoms with Crippen LogP contribution in [-0.2, 0) is 4.74 Å². The van der Waals surface area contributed by atoms with Crippen LogP contribution in [0, 0.1) is 0 Å². The summed E-state index contributed by atoms with van der Waals surface area (Å²) in [5.74, 6) is -0.415. The minimum Gasteiger partial charge on any atom is -0.461 e. The molecule has 0 bridgehead atoms. The van der Waals surface area contributed by atoms with E-state index in [4.69, 9.17) is 16.3 Å². The zero-order chi connectivity index (χ0) is 17.6. The fourth-order valence-electron chi connectivity index (χ4n) is 2.01. The number of nitrogens with zero attached hydrogens (tertiary/aromatic N) is 1. The maximum Gasteiger partial charge on any atom is 0.359 e. The molecule has 7 heteroatoms. The second-order valence-electron chi connectivity index (χ2n) is 4.92. The van der Waals surface area contributed by atoms with Gasteiger partial charge in [0.25, 0.3) is 0 Å². The molecule has 4 nitrogen and oxygen atoms in total. The molecule has 128 valence electrons. The molecule has 25 heavy (non-hydrogen) atoms. The number of nitrogens with one attached hydrogen (secondary N) is 1. The van der Waals surface area contributed by atoms with Crippen LogP contribution in [0.2, 0.25) is 5.02 Å². The van der Waals surface area contributed by atoms with Crippen molar-refractivity contribution < 1.29 is 9.53 Å². The quantitative estimate of drug-likeness (QED) is 0.533. The van der Waals surface area contributed by atoms with Gasteiger partial charge in [0.2, 0.25) is 0 Å². The number of hydrogen-bond donors (Lipinski definition) is 1. The van der Waals surface area contributed by atoms with Crippen molar-refractivity contribution in [2.45, 2.75) is 16.0 Å². The Hall–Kier alpha value is -2.02. The second-order valence-corrected chi connectivity index (χ2v) is 7.70. The summed E-state index contributed by atoms with van der Waals surface area (Å²) in [7, 11) is 0. The van der Waals surface area contributed by atoms with Gasteiger partial charge in [-0.1, -0.05) is 52.9 Å². The molecule has 0 saturated carbocycles. The van der Waals surface area contributed by atoms with Crippen LogP contribution in [0.1, 0.15) is 17.4 Å². The summed E-state index contributed by atoms with van der Waals surface area (Å²) < 4.78 is 5.92. The summed E-state index contributed by atoms with van der Waals surface area (Å²) >= 11 is 8.82. The first-order valence-corrected chi connectivity index (χ1v) is 9.60. The number of carbonyl (C=O) groups is 1. The van der Waals surface area contributed by atoms with Crippen molar-refractivity contribution in [3.05, 3.63) is 65.3 Å². The van der Waals surface area contributed by atoms with E-state index in [9.17, 15) is 4.79 Å². The monoisotopic (exact) mass is 390 g/mol. The van der Waals surface area contributed by atoms with Gasteiger partial charge in [-0.05, 0) is 43.3 Å². The summed E-state index contributed by atoms with van der Waals surface area (Å²) in [4.78, 5) is 17.7. The lowest BCUT2D eigenvalue weighted by Gasteiger charge is -2.01. The highest BCUT2D eigenvalue weighted by atomic mass is 35.5. The predicted octanol–water partition coefficient (Wildman–Crippen LogP) is 5.87. The van der Waals surface area contributed by atoms with E-state index in [0.717, 1.165) is 14.8 Å². The van der Waals surface area contributed by atoms with Crippen LogP contribution < -0.4 is 5.32 Å². The molecule has 0 spiro atoms. The van der Waals surface area contributed by atoms with Crippen molar-refractivity contribution in [1.82, 2.24) is 4.98 Å². The molecule has 0 unspecified atom stereocenters. The Morgan fingerprint density at radius 1 is 1.20 bits per heavy atom. The van der Waals surface area contributed by atoms with Gasteiger partial charge in [-0.25, -0.2) is 9.78 Å². The van der Waals surface area contributed by atoms with E-state index in [0.29, 0.717) is 22.5 Å². The number of esters is 1. The molecule has 0 aliphatic carbocycles. The lowest BCUT2D eigenvalue weighted by molar-refractivity contribution is 0.0516. The first-order chi connectivity index (χ1) is 12.2. The molecule has 0 saturated heterocycles. The molecule has 3 rings (SSSR count). The first-order valence-electron chi connectivity index (χ1n) is 7.59. The highest BCUT2D eigenvalue weighted by Gasteiger charge is 2.20. The smallest absolute Gasteiger partial charge is 0.359 e. The standard InChI is InChI=1S/C18H15ClN2O2S2/c1-2-23-16(22)15-17(24-14-6-4-3-5-7-14)25-18(21-15)20-13-10-8-12(19)9-11-13/h3-11H,2H2,1H3,(H,20,21). The third kappa shape index (κ3) is 4.75. The van der Waals surface area contributed by atoms with Gasteiger partial charge in [0.1, 0.15) is 4.21 Å². The third-order valence-corrected chi connectivity index (χ3v) is 5.52. The minimum absolute atomic E-state index is 0.311. The van der Waals surface area contributed by atoms with E-state index in [1.165, 1.54) is 23.1 Å². The number of thiazole rings is 1. The maximum atomic E-state index is 12.2. The first kappa shape index (κ1) is 17.8. The molecule has 1 aromatic heterocycles. The van der Waals surface area contributed by atoms with E-state index in [1.807, 2.05) is 42.5 Å². The number of anilines is 2. The van der Waals surface area contributed by atoms with Gasteiger partial charge < -0.3 is 10.1 Å². The number of hydrogen-bond acceptors (Lipinski definition) is 6. The van der Waals surface area contributed by atoms with Crippen molar-refractivity contribution in [3.8, 4) is 0 Å². The normalized spacial score (nSPS) is 10.5. The molecule has 0 radical (unpaired) electrons. The molecule has 0 aliphatic rings. The summed E-state index contributed by atoms with van der Waals surface area (Å²) in [5, 5.41) is 4.49. The molecular formula is C18H15ClN2O2S2. The van der Waals surface area contributed by atoms with E-state index < -0.39 is 5.97 Å². The van der Waals surface area contributed by atoms with Crippen molar-refractivity contribution in [1.29, 1.82) is 0 Å². The van der Waals surface area contributed by atoms with Crippen LogP contribution in [0.15, 0.2) is 63.7 Å². The fourth-order valence-corrected chi connectivity index (χ4v) is 4.27. The largest absolute Gasteiger partial charge is 0.461 e. The number of benzene rings is 2. The molecule has 1 heterocycles. The average molecular weight is 391 g/mol. The molecule has 0 atom stereocenters. The van der Waals surface area contributed by atoms with Gasteiger partial charge in [0.05, 0.1) is 6.61 Å². The van der Waals surface area contributed by atoms with Crippen LogP contribution in [0.4, 0.5) is 10.8 Å². The van der Waals surface area contributed by atoms with Gasteiger partial charge in [-0.3, -0.25) is 0 Å². The summed E-state index contributed by atoms with van der Waals surface area (Å²) in [6.07, 6.45) is 0. The number of carbonyl (C=O) groups excluding carboxylic acids is 1. The Kier molecular flexibility index (Phi) is 5.96. The number of ether oxygens (including phenoxy) is 1. The molecular weight excluding hydrogens is 376 g/mol. The van der Waals surface area contributed by atoms with Crippen LogP contribution in [-0.4, -0.2) is 17.6 Å². The van der Waals surface area contributed by atoms with Crippen LogP contribution in [0.3, 0.4) is 0 Å². The number of aromatic nitrogens is 1. The van der Waals surface area contributed by atoms with Crippen LogP contribution in [0.25, 0.3) is 0 Å². The van der Waals surface area contributed by atoms with Gasteiger partial charge in [0.15, 0.2) is 10.8 Å². The molecule has 0 aliphatic heterocycles.